The molecule has 0 saturated carbocycles. The molecule has 1 aliphatic rings. The van der Waals surface area contributed by atoms with Crippen molar-refractivity contribution in [1.29, 1.82) is 0 Å². The molecular weight excluding hydrogens is 613 g/mol. The molecule has 1 atom stereocenters. The van der Waals surface area contributed by atoms with E-state index < -0.39 is 0 Å². The van der Waals surface area contributed by atoms with E-state index in [1.807, 2.05) is 24.3 Å². The first-order valence-corrected chi connectivity index (χ1v) is 17.1. The number of hydrogen-bond donors (Lipinski definition) is 1. The predicted octanol–water partition coefficient (Wildman–Crippen LogP) is 12.2. The van der Waals surface area contributed by atoms with Crippen LogP contribution in [0.1, 0.15) is 36.2 Å². The van der Waals surface area contributed by atoms with Gasteiger partial charge in [0, 0.05) is 44.9 Å². The molecule has 0 radical (unpaired) electrons. The van der Waals surface area contributed by atoms with Crippen molar-refractivity contribution in [3.8, 4) is 11.1 Å². The Hall–Kier alpha value is -6.39. The van der Waals surface area contributed by atoms with Crippen molar-refractivity contribution in [2.75, 3.05) is 0 Å². The maximum Gasteiger partial charge on any atom is 0.145 e. The fourth-order valence-corrected chi connectivity index (χ4v) is 7.79. The van der Waals surface area contributed by atoms with Gasteiger partial charge in [0.2, 0.25) is 0 Å². The molecule has 10 rings (SSSR count). The molecule has 1 N–H and O–H groups in total. The van der Waals surface area contributed by atoms with Gasteiger partial charge in [0.1, 0.15) is 28.5 Å². The number of aliphatic imine (C=N–C) groups is 1. The Morgan fingerprint density at radius 2 is 1.18 bits per heavy atom. The van der Waals surface area contributed by atoms with Crippen LogP contribution in [0.5, 0.6) is 0 Å². The highest BCUT2D eigenvalue weighted by Crippen LogP contribution is 2.42. The number of furan rings is 2. The van der Waals surface area contributed by atoms with Crippen LogP contribution < -0.4 is 5.32 Å². The van der Waals surface area contributed by atoms with Gasteiger partial charge in [-0.25, -0.2) is 0 Å². The van der Waals surface area contributed by atoms with E-state index in [1.54, 1.807) is 0 Å². The number of rotatable bonds is 4. The van der Waals surface area contributed by atoms with Crippen LogP contribution in [0, 0.1) is 0 Å². The molecule has 1 unspecified atom stereocenters. The summed E-state index contributed by atoms with van der Waals surface area (Å²) in [6, 6.07) is 53.2. The van der Waals surface area contributed by atoms with Crippen LogP contribution in [-0.2, 0) is 0 Å². The molecule has 0 bridgehead atoms. The van der Waals surface area contributed by atoms with Crippen LogP contribution in [0.25, 0.3) is 71.5 Å². The van der Waals surface area contributed by atoms with Crippen molar-refractivity contribution in [2.45, 2.75) is 19.5 Å². The van der Waals surface area contributed by atoms with Gasteiger partial charge in [0.25, 0.3) is 0 Å². The molecule has 0 aliphatic carbocycles. The fraction of sp³-hybridized carbons (Fsp3) is 0.0652. The van der Waals surface area contributed by atoms with Gasteiger partial charge in [-0.1, -0.05) is 115 Å². The highest BCUT2D eigenvalue weighted by Gasteiger charge is 2.24. The molecule has 0 spiro atoms. The monoisotopic (exact) mass is 644 g/mol. The summed E-state index contributed by atoms with van der Waals surface area (Å²) in [6.07, 6.45) is 0.414. The number of hydrogen-bond acceptors (Lipinski definition) is 4. The second-order valence-electron chi connectivity index (χ2n) is 13.2. The third kappa shape index (κ3) is 4.56. The average Bonchev–Trinajstić information content (AvgIpc) is 3.68. The molecule has 9 aromatic rings. The van der Waals surface area contributed by atoms with E-state index in [2.05, 4.69) is 140 Å². The van der Waals surface area contributed by atoms with Gasteiger partial charge in [0.15, 0.2) is 0 Å². The second kappa shape index (κ2) is 11.4. The zero-order valence-corrected chi connectivity index (χ0v) is 27.5. The Labute approximate surface area is 289 Å². The smallest absolute Gasteiger partial charge is 0.145 e. The highest BCUT2D eigenvalue weighted by molar-refractivity contribution is 6.15. The minimum Gasteiger partial charge on any atom is -0.456 e. The van der Waals surface area contributed by atoms with E-state index in [9.17, 15) is 0 Å². The van der Waals surface area contributed by atoms with Crippen molar-refractivity contribution in [2.24, 2.45) is 4.99 Å². The van der Waals surface area contributed by atoms with E-state index in [4.69, 9.17) is 13.8 Å². The number of fused-ring (bicyclic) bond motifs is 7. The van der Waals surface area contributed by atoms with E-state index in [1.165, 1.54) is 21.9 Å². The van der Waals surface area contributed by atoms with E-state index in [0.29, 0.717) is 0 Å². The van der Waals surface area contributed by atoms with Gasteiger partial charge in [-0.2, -0.15) is 0 Å². The maximum absolute atomic E-state index is 6.28. The van der Waals surface area contributed by atoms with Crippen molar-refractivity contribution < 1.29 is 8.83 Å². The quantitative estimate of drug-likeness (QED) is 0.207. The number of allylic oxidation sites excluding steroid dienone is 1. The van der Waals surface area contributed by atoms with Crippen LogP contribution in [0.15, 0.2) is 171 Å². The predicted molar refractivity (Wildman–Crippen MR) is 206 cm³/mol. The number of benzene rings is 7. The first-order chi connectivity index (χ1) is 24.7. The summed E-state index contributed by atoms with van der Waals surface area (Å²) >= 11 is 0. The molecule has 50 heavy (non-hydrogen) atoms. The topological polar surface area (TPSA) is 50.7 Å². The van der Waals surface area contributed by atoms with Gasteiger partial charge in [-0.3, -0.25) is 4.99 Å². The minimum atomic E-state index is -0.320. The lowest BCUT2D eigenvalue weighted by Crippen LogP contribution is -2.19. The highest BCUT2D eigenvalue weighted by atomic mass is 16.3. The molecule has 0 saturated heterocycles. The Bertz CT molecular complexity index is 2840. The van der Waals surface area contributed by atoms with Crippen LogP contribution >= 0.6 is 0 Å². The largest absolute Gasteiger partial charge is 0.456 e. The molecule has 0 fully saturated rings. The zero-order chi connectivity index (χ0) is 33.2. The molecule has 3 heterocycles. The number of para-hydroxylation sites is 2. The van der Waals surface area contributed by atoms with Crippen LogP contribution in [-0.4, -0.2) is 5.71 Å². The average molecular weight is 645 g/mol. The summed E-state index contributed by atoms with van der Waals surface area (Å²) in [6.45, 7) is 2.22. The molecule has 2 aromatic heterocycles. The van der Waals surface area contributed by atoms with Gasteiger partial charge in [-0.05, 0) is 81.9 Å². The third-order valence-electron chi connectivity index (χ3n) is 10.1. The summed E-state index contributed by atoms with van der Waals surface area (Å²) in [5.74, 6) is 0. The first kappa shape index (κ1) is 28.6. The van der Waals surface area contributed by atoms with Crippen molar-refractivity contribution in [3.05, 3.63) is 174 Å². The Morgan fingerprint density at radius 3 is 2.02 bits per heavy atom. The lowest BCUT2D eigenvalue weighted by atomic mass is 9.91. The summed E-state index contributed by atoms with van der Waals surface area (Å²) in [7, 11) is 0. The Morgan fingerprint density at radius 1 is 0.520 bits per heavy atom. The summed E-state index contributed by atoms with van der Waals surface area (Å²) in [4.78, 5) is 5.51. The SMILES string of the molecule is CC1=C(c2ccc3oc4ccccc4c3c2)NC(c2ccc(-c3cccc4oc5ccccc5c34)c3ccccc23)N=C(c2ccccc2)C1. The number of nitrogens with one attached hydrogen (secondary N) is 1. The van der Waals surface area contributed by atoms with Gasteiger partial charge in [0.05, 0.1) is 0 Å². The van der Waals surface area contributed by atoms with Gasteiger partial charge >= 0.3 is 0 Å². The van der Waals surface area contributed by atoms with Crippen LogP contribution in [0.4, 0.5) is 0 Å². The standard InChI is InChI=1S/C46H32N2O2/c1-28-26-39(29-12-3-2-4-13-29)47-46(48-45(28)30-22-25-42-38(27-30)34-16-7-9-19-40(34)49-42)36-24-23-33(31-14-5-6-15-32(31)36)35-18-11-21-43-44(35)37-17-8-10-20-41(37)50-43/h2-25,27,46,48H,26H2,1H3. The van der Waals surface area contributed by atoms with Crippen LogP contribution in [0.2, 0.25) is 0 Å². The molecule has 238 valence electrons. The Kier molecular flexibility index (Phi) is 6.50. The fourth-order valence-electron chi connectivity index (χ4n) is 7.79. The van der Waals surface area contributed by atoms with Crippen LogP contribution in [0.3, 0.4) is 0 Å². The molecular formula is C46H32N2O2. The van der Waals surface area contributed by atoms with Crippen molar-refractivity contribution in [1.82, 2.24) is 5.32 Å². The minimum absolute atomic E-state index is 0.320. The Balaban J connectivity index is 1.16. The van der Waals surface area contributed by atoms with E-state index in [0.717, 1.165) is 84.0 Å². The van der Waals surface area contributed by atoms with E-state index >= 15 is 0 Å². The maximum atomic E-state index is 6.28. The normalized spacial score (nSPS) is 15.2. The third-order valence-corrected chi connectivity index (χ3v) is 10.1. The van der Waals surface area contributed by atoms with Crippen molar-refractivity contribution >= 4 is 66.1 Å². The lowest BCUT2D eigenvalue weighted by molar-refractivity contribution is 0.668. The van der Waals surface area contributed by atoms with Gasteiger partial charge < -0.3 is 14.2 Å². The molecule has 1 aliphatic heterocycles. The zero-order valence-electron chi connectivity index (χ0n) is 27.5. The number of nitrogens with zero attached hydrogens (tertiary/aromatic N) is 1. The summed E-state index contributed by atoms with van der Waals surface area (Å²) in [5, 5.41) is 10.8. The summed E-state index contributed by atoms with van der Waals surface area (Å²) in [5.41, 5.74) is 12.7. The molecule has 0 amide bonds. The lowest BCUT2D eigenvalue weighted by Gasteiger charge is -2.22. The van der Waals surface area contributed by atoms with E-state index in [-0.39, 0.29) is 6.17 Å². The van der Waals surface area contributed by atoms with Crippen molar-refractivity contribution in [3.63, 3.8) is 0 Å². The molecule has 4 heteroatoms. The molecule has 7 aromatic carbocycles. The van der Waals surface area contributed by atoms with Gasteiger partial charge in [-0.15, -0.1) is 0 Å². The first-order valence-electron chi connectivity index (χ1n) is 17.1. The summed E-state index contributed by atoms with van der Waals surface area (Å²) < 4.78 is 12.5. The molecule has 4 nitrogen and oxygen atoms in total. The second-order valence-corrected chi connectivity index (χ2v) is 13.2.